The van der Waals surface area contributed by atoms with Gasteiger partial charge in [-0.2, -0.15) is 19.2 Å². The van der Waals surface area contributed by atoms with E-state index in [1.807, 2.05) is 22.7 Å². The van der Waals surface area contributed by atoms with Crippen molar-refractivity contribution >= 4 is 114 Å². The number of likely N-dealkylation sites (tertiary alicyclic amines) is 2. The van der Waals surface area contributed by atoms with Gasteiger partial charge in [0.25, 0.3) is 11.8 Å². The van der Waals surface area contributed by atoms with E-state index in [0.29, 0.717) is 52.6 Å². The number of hydrogen-bond donors (Lipinski definition) is 4. The number of nitrogens with one attached hydrogen (secondary N) is 3. The Morgan fingerprint density at radius 3 is 1.60 bits per heavy atom. The van der Waals surface area contributed by atoms with Crippen molar-refractivity contribution in [3.05, 3.63) is 98.9 Å². The summed E-state index contributed by atoms with van der Waals surface area (Å²) in [6.45, 7) is 10.1. The molecule has 0 spiro atoms. The number of halogens is 3. The average molecular weight is 1240 g/mol. The Bertz CT molecular complexity index is 3600. The average Bonchev–Trinajstić information content (AvgIpc) is 2.63. The van der Waals surface area contributed by atoms with Gasteiger partial charge in [-0.15, -0.1) is 12.4 Å². The van der Waals surface area contributed by atoms with Gasteiger partial charge >= 0.3 is 6.09 Å². The monoisotopic (exact) mass is 1240 g/mol. The highest BCUT2D eigenvalue weighted by Crippen LogP contribution is 2.40. The highest BCUT2D eigenvalue weighted by Gasteiger charge is 2.36. The molecule has 27 heteroatoms. The van der Waals surface area contributed by atoms with Crippen molar-refractivity contribution in [1.82, 2.24) is 39.0 Å². The third kappa shape index (κ3) is 14.8. The fourth-order valence-electron chi connectivity index (χ4n) is 11.0. The first-order valence-corrected chi connectivity index (χ1v) is 32.2. The van der Waals surface area contributed by atoms with Crippen LogP contribution in [0.3, 0.4) is 0 Å². The minimum Gasteiger partial charge on any atom is -0.444 e. The molecule has 4 aromatic heterocycles. The lowest BCUT2D eigenvalue weighted by Gasteiger charge is -2.35. The van der Waals surface area contributed by atoms with Gasteiger partial charge < -0.3 is 30.1 Å². The predicted octanol–water partition coefficient (Wildman–Crippen LogP) is 10.1. The molecule has 5 N–H and O–H groups in total. The van der Waals surface area contributed by atoms with Crippen LogP contribution in [-0.4, -0.2) is 137 Å². The van der Waals surface area contributed by atoms with Crippen LogP contribution in [-0.2, 0) is 24.8 Å². The zero-order chi connectivity index (χ0) is 57.5. The number of carbonyl (C=O) groups is 3. The van der Waals surface area contributed by atoms with Gasteiger partial charge in [0.1, 0.15) is 23.1 Å². The number of piperidine rings is 3. The Morgan fingerprint density at radius 2 is 1.13 bits per heavy atom. The summed E-state index contributed by atoms with van der Waals surface area (Å²) in [5, 5.41) is 13.4. The topological polar surface area (TPSA) is 264 Å². The molecule has 1 saturated carbocycles. The molecular weight excluding hydrogens is 1170 g/mol. The summed E-state index contributed by atoms with van der Waals surface area (Å²) in [4.78, 5) is 58.5. The highest BCUT2D eigenvalue weighted by molar-refractivity contribution is 7.92. The maximum atomic E-state index is 13.9. The molecule has 22 nitrogen and oxygen atoms in total. The van der Waals surface area contributed by atoms with Crippen LogP contribution in [0, 0.1) is 0 Å². The fraction of sp³-hybridized carbons (Fsp3) is 0.518. The van der Waals surface area contributed by atoms with Gasteiger partial charge in [-0.05, 0) is 128 Å². The van der Waals surface area contributed by atoms with E-state index in [1.54, 1.807) is 41.2 Å². The maximum Gasteiger partial charge on any atom is 0.413 e. The van der Waals surface area contributed by atoms with Crippen LogP contribution >= 0.6 is 35.6 Å². The van der Waals surface area contributed by atoms with Gasteiger partial charge in [0.15, 0.2) is 11.3 Å². The van der Waals surface area contributed by atoms with Gasteiger partial charge in [0.05, 0.1) is 58.5 Å². The normalized spacial score (nSPS) is 18.9. The largest absolute Gasteiger partial charge is 0.444 e. The number of anilines is 5. The quantitative estimate of drug-likeness (QED) is 0.0888. The number of hydrogen-bond acceptors (Lipinski definition) is 15. The number of nitrogens with two attached hydrogens (primary N) is 1. The van der Waals surface area contributed by atoms with E-state index >= 15 is 0 Å². The summed E-state index contributed by atoms with van der Waals surface area (Å²) in [5.74, 6) is 2.07. The van der Waals surface area contributed by atoms with Crippen LogP contribution in [0.5, 0.6) is 0 Å². The van der Waals surface area contributed by atoms with Crippen LogP contribution in [0.1, 0.15) is 161 Å². The predicted molar refractivity (Wildman–Crippen MR) is 328 cm³/mol. The van der Waals surface area contributed by atoms with E-state index in [4.69, 9.17) is 53.8 Å². The molecule has 2 aromatic carbocycles. The van der Waals surface area contributed by atoms with Crippen LogP contribution < -0.4 is 30.3 Å². The summed E-state index contributed by atoms with van der Waals surface area (Å²) < 4.78 is 61.8. The lowest BCUT2D eigenvalue weighted by molar-refractivity contribution is 0.0600. The van der Waals surface area contributed by atoms with Crippen molar-refractivity contribution in [3.63, 3.8) is 0 Å². The van der Waals surface area contributed by atoms with Crippen molar-refractivity contribution in [3.8, 4) is 0 Å². The Hall–Kier alpha value is -6.18. The zero-order valence-electron chi connectivity index (χ0n) is 46.6. The molecule has 2 atom stereocenters. The molecule has 5 aliphatic rings. The molecule has 5 fully saturated rings. The SMILES string of the molecule is C.CC(C)(C)OC(=O)Nc1cc(C2CCC2)nc2cc([C@@H]3CCCCN3C(=O)c3cc(Cl)ccc3NS(C)(=O)=O)nn12.CS(=O)(=O)Nc1ccc(Cl)cc1C(=O)N1CCCC[C@H]1c1cc2nc(N3CCC3)cc(N3CCC(N)CC3)n2n1.Cl. The number of sulfonamides is 2. The van der Waals surface area contributed by atoms with Crippen LogP contribution in [0.15, 0.2) is 60.7 Å². The molecular formula is C56H75Cl3N14O8S2. The number of carbonyl (C=O) groups excluding carboxylic acids is 3. The lowest BCUT2D eigenvalue weighted by Crippen LogP contribution is -2.41. The van der Waals surface area contributed by atoms with Crippen LogP contribution in [0.4, 0.5) is 33.6 Å². The number of rotatable bonds is 12. The Kier molecular flexibility index (Phi) is 19.4. The number of fused-ring (bicyclic) bond motifs is 2. The van der Waals surface area contributed by atoms with E-state index in [1.165, 1.54) is 30.3 Å². The summed E-state index contributed by atoms with van der Waals surface area (Å²) in [7, 11) is -7.22. The molecule has 83 heavy (non-hydrogen) atoms. The molecule has 4 saturated heterocycles. The molecule has 11 rings (SSSR count). The molecule has 6 aromatic rings. The van der Waals surface area contributed by atoms with E-state index in [-0.39, 0.29) is 72.3 Å². The number of amides is 3. The molecule has 450 valence electrons. The third-order valence-electron chi connectivity index (χ3n) is 15.3. The first-order chi connectivity index (χ1) is 38.4. The van der Waals surface area contributed by atoms with Crippen molar-refractivity contribution in [2.45, 2.75) is 135 Å². The number of benzene rings is 2. The minimum absolute atomic E-state index is 0. The fourth-order valence-corrected chi connectivity index (χ4v) is 12.5. The molecule has 4 aliphatic heterocycles. The van der Waals surface area contributed by atoms with E-state index < -0.39 is 31.7 Å². The summed E-state index contributed by atoms with van der Waals surface area (Å²) in [6, 6.07) is 16.5. The third-order valence-corrected chi connectivity index (χ3v) is 17.0. The molecule has 0 unspecified atom stereocenters. The van der Waals surface area contributed by atoms with E-state index in [9.17, 15) is 31.2 Å². The Balaban J connectivity index is 0.000000212. The van der Waals surface area contributed by atoms with Crippen molar-refractivity contribution in [1.29, 1.82) is 0 Å². The smallest absolute Gasteiger partial charge is 0.413 e. The van der Waals surface area contributed by atoms with Gasteiger partial charge in [-0.3, -0.25) is 24.4 Å². The second kappa shape index (κ2) is 25.6. The second-order valence-electron chi connectivity index (χ2n) is 22.8. The van der Waals surface area contributed by atoms with E-state index in [0.717, 1.165) is 138 Å². The number of aromatic nitrogens is 6. The Morgan fingerprint density at radius 1 is 0.614 bits per heavy atom. The van der Waals surface area contributed by atoms with Gasteiger partial charge in [-0.1, -0.05) is 37.0 Å². The minimum atomic E-state index is -3.63. The maximum absolute atomic E-state index is 13.9. The first kappa shape index (κ1) is 62.9. The molecule has 8 heterocycles. The van der Waals surface area contributed by atoms with Crippen LogP contribution in [0.2, 0.25) is 10.0 Å². The van der Waals surface area contributed by atoms with Gasteiger partial charge in [0, 0.05) is 91.2 Å². The standard InChI is InChI=1S/C28H35ClN6O5S.C27H35ClN8O3S.CH4.ClH/c1-28(2,3)40-27(37)31-25-15-21(17-8-7-9-17)30-24-16-22(32-35(24)25)23-10-5-6-13-34(23)26(36)19-14-18(29)11-12-20(19)33-41(4,38)39;1-40(38,39)32-21-7-6-18(28)15-20(21)27(37)35-12-3-2-5-23(35)22-16-25-30-24(33-10-4-11-33)17-26(36(25)31-22)34-13-8-19(29)9-14-34;;/h11-12,14-17,23,33H,5-10,13H2,1-4H3,(H,31,37);6-7,15-17,19,23,32H,2-5,8-14,29H2,1H3;1H4;1H/t2*23-;;/m00../s1. The van der Waals surface area contributed by atoms with Crippen LogP contribution in [0.25, 0.3) is 11.3 Å². The highest BCUT2D eigenvalue weighted by atomic mass is 35.5. The summed E-state index contributed by atoms with van der Waals surface area (Å²) in [5.41, 5.74) is 9.88. The van der Waals surface area contributed by atoms with E-state index in [2.05, 4.69) is 30.6 Å². The lowest BCUT2D eigenvalue weighted by atomic mass is 9.83. The Labute approximate surface area is 501 Å². The summed E-state index contributed by atoms with van der Waals surface area (Å²) in [6.07, 6.45) is 12.6. The molecule has 3 amide bonds. The van der Waals surface area contributed by atoms with Crippen molar-refractivity contribution in [2.24, 2.45) is 5.73 Å². The molecule has 0 radical (unpaired) electrons. The second-order valence-corrected chi connectivity index (χ2v) is 27.2. The molecule has 0 bridgehead atoms. The molecule has 1 aliphatic carbocycles. The van der Waals surface area contributed by atoms with Gasteiger partial charge in [0.2, 0.25) is 20.0 Å². The zero-order valence-corrected chi connectivity index (χ0v) is 50.6. The summed E-state index contributed by atoms with van der Waals surface area (Å²) >= 11 is 12.5. The number of ether oxygens (including phenoxy) is 1. The van der Waals surface area contributed by atoms with Gasteiger partial charge in [-0.25, -0.2) is 31.6 Å². The van der Waals surface area contributed by atoms with Crippen molar-refractivity contribution in [2.75, 3.05) is 76.3 Å². The first-order valence-electron chi connectivity index (χ1n) is 27.7. The number of nitrogens with zero attached hydrogens (tertiary/aromatic N) is 10. The van der Waals surface area contributed by atoms with Crippen molar-refractivity contribution < 1.29 is 36.0 Å².